The third-order valence-electron chi connectivity index (χ3n) is 2.09. The molecule has 1 amide bonds. The van der Waals surface area contributed by atoms with Crippen LogP contribution in [-0.2, 0) is 4.79 Å². The summed E-state index contributed by atoms with van der Waals surface area (Å²) in [7, 11) is 0. The average molecular weight is 140 g/mol. The van der Waals surface area contributed by atoms with Gasteiger partial charge in [-0.1, -0.05) is 0 Å². The van der Waals surface area contributed by atoms with Gasteiger partial charge in [-0.25, -0.2) is 5.32 Å². The van der Waals surface area contributed by atoms with Crippen molar-refractivity contribution in [2.24, 2.45) is 5.73 Å². The van der Waals surface area contributed by atoms with E-state index in [0.717, 1.165) is 6.54 Å². The Bertz CT molecular complexity index is 170. The van der Waals surface area contributed by atoms with Crippen LogP contribution in [0.3, 0.4) is 0 Å². The highest BCUT2D eigenvalue weighted by Crippen LogP contribution is 2.18. The average Bonchev–Trinajstić information content (AvgIpc) is 1.93. The highest BCUT2D eigenvalue weighted by atomic mass is 16.2. The number of β-lactam (4-membered cyclic amide) rings is 1. The smallest absolute Gasteiger partial charge is 0.225 e. The van der Waals surface area contributed by atoms with Crippen LogP contribution in [0.2, 0.25) is 0 Å². The summed E-state index contributed by atoms with van der Waals surface area (Å²) in [6.07, 6.45) is 0.694. The summed E-state index contributed by atoms with van der Waals surface area (Å²) in [5.74, 6) is 0.198. The molecule has 10 heavy (non-hydrogen) atoms. The van der Waals surface area contributed by atoms with Crippen LogP contribution in [0.5, 0.6) is 0 Å². The van der Waals surface area contributed by atoms with Crippen molar-refractivity contribution in [3.8, 4) is 0 Å². The molecule has 2 aliphatic rings. The monoisotopic (exact) mass is 140 g/mol. The van der Waals surface area contributed by atoms with Gasteiger partial charge in [0.2, 0.25) is 5.91 Å². The highest BCUT2D eigenvalue weighted by Gasteiger charge is 2.40. The maximum atomic E-state index is 10.8. The summed E-state index contributed by atoms with van der Waals surface area (Å²) >= 11 is 0. The molecule has 2 aliphatic heterocycles. The van der Waals surface area contributed by atoms with E-state index in [1.165, 1.54) is 0 Å². The largest absolute Gasteiger partial charge is 0.324 e. The minimum Gasteiger partial charge on any atom is -0.324 e. The Morgan fingerprint density at radius 1 is 1.70 bits per heavy atom. The van der Waals surface area contributed by atoms with Crippen LogP contribution < -0.4 is 11.1 Å². The van der Waals surface area contributed by atoms with Crippen LogP contribution in [-0.4, -0.2) is 36.1 Å². The van der Waals surface area contributed by atoms with Gasteiger partial charge in [0.1, 0.15) is 6.17 Å². The molecule has 2 unspecified atom stereocenters. The number of nitrogens with two attached hydrogens (primary N) is 1. The lowest BCUT2D eigenvalue weighted by atomic mass is 10.0. The summed E-state index contributed by atoms with van der Waals surface area (Å²) in [4.78, 5) is 12.6. The fourth-order valence-corrected chi connectivity index (χ4v) is 1.26. The normalized spacial score (nSPS) is 38.9. The molecule has 0 aliphatic carbocycles. The quantitative estimate of drug-likeness (QED) is 0.450. The molecule has 2 heterocycles. The minimum atomic E-state index is 0.0150. The van der Waals surface area contributed by atoms with Crippen molar-refractivity contribution in [2.75, 3.05) is 13.1 Å². The van der Waals surface area contributed by atoms with Crippen molar-refractivity contribution in [3.05, 3.63) is 0 Å². The second-order valence-electron chi connectivity index (χ2n) is 2.78. The number of carbonyl (C=O) groups excluding carboxylic acids is 1. The third-order valence-corrected chi connectivity index (χ3v) is 2.09. The van der Waals surface area contributed by atoms with E-state index < -0.39 is 0 Å². The molecule has 4 nitrogen and oxygen atoms in total. The summed E-state index contributed by atoms with van der Waals surface area (Å²) in [6.45, 7) is 1.56. The Kier molecular flexibility index (Phi) is 1.18. The van der Waals surface area contributed by atoms with Gasteiger partial charge in [0.25, 0.3) is 0 Å². The van der Waals surface area contributed by atoms with E-state index in [1.54, 1.807) is 4.90 Å². The molecule has 0 bridgehead atoms. The first kappa shape index (κ1) is 6.12. The molecule has 2 atom stereocenters. The number of carbonyl (C=O) groups is 1. The molecule has 0 aromatic rings. The van der Waals surface area contributed by atoms with Crippen LogP contribution in [0.1, 0.15) is 6.42 Å². The molecule has 2 fully saturated rings. The molecule has 55 valence electrons. The van der Waals surface area contributed by atoms with Crippen molar-refractivity contribution >= 4 is 5.91 Å². The van der Waals surface area contributed by atoms with Crippen LogP contribution >= 0.6 is 0 Å². The van der Waals surface area contributed by atoms with Crippen molar-refractivity contribution in [3.63, 3.8) is 0 Å². The maximum absolute atomic E-state index is 10.8. The zero-order chi connectivity index (χ0) is 7.14. The molecule has 4 heteroatoms. The molecular weight excluding hydrogens is 130 g/mol. The fraction of sp³-hybridized carbons (Fsp3) is 0.833. The van der Waals surface area contributed by atoms with Gasteiger partial charge in [0.05, 0.1) is 6.04 Å². The SMILES string of the molecule is NC1C[N]C1N1CCC1=O. The second kappa shape index (κ2) is 1.93. The van der Waals surface area contributed by atoms with Crippen LogP contribution in [0.15, 0.2) is 0 Å². The number of hydrogen-bond donors (Lipinski definition) is 1. The Hall–Kier alpha value is -0.610. The van der Waals surface area contributed by atoms with Crippen LogP contribution in [0.4, 0.5) is 0 Å². The molecule has 2 saturated heterocycles. The van der Waals surface area contributed by atoms with E-state index in [2.05, 4.69) is 5.32 Å². The van der Waals surface area contributed by atoms with Crippen molar-refractivity contribution in [1.82, 2.24) is 10.2 Å². The summed E-state index contributed by atoms with van der Waals surface area (Å²) < 4.78 is 0. The van der Waals surface area contributed by atoms with Crippen LogP contribution in [0.25, 0.3) is 0 Å². The summed E-state index contributed by atoms with van der Waals surface area (Å²) in [5, 5.41) is 4.10. The number of hydrogen-bond acceptors (Lipinski definition) is 2. The predicted molar refractivity (Wildman–Crippen MR) is 35.1 cm³/mol. The fourth-order valence-electron chi connectivity index (χ4n) is 1.26. The van der Waals surface area contributed by atoms with Crippen molar-refractivity contribution in [2.45, 2.75) is 18.6 Å². The first-order valence-corrected chi connectivity index (χ1v) is 3.51. The van der Waals surface area contributed by atoms with Gasteiger partial charge in [-0.05, 0) is 0 Å². The van der Waals surface area contributed by atoms with E-state index in [-0.39, 0.29) is 18.1 Å². The molecule has 0 saturated carbocycles. The van der Waals surface area contributed by atoms with Crippen molar-refractivity contribution in [1.29, 1.82) is 0 Å². The van der Waals surface area contributed by atoms with Gasteiger partial charge in [-0.2, -0.15) is 0 Å². The third kappa shape index (κ3) is 0.660. The van der Waals surface area contributed by atoms with E-state index in [0.29, 0.717) is 13.0 Å². The summed E-state index contributed by atoms with van der Waals surface area (Å²) in [5.41, 5.74) is 5.61. The van der Waals surface area contributed by atoms with Gasteiger partial charge >= 0.3 is 0 Å². The van der Waals surface area contributed by atoms with Gasteiger partial charge in [0, 0.05) is 19.5 Å². The zero-order valence-corrected chi connectivity index (χ0v) is 5.66. The zero-order valence-electron chi connectivity index (χ0n) is 5.66. The topological polar surface area (TPSA) is 60.4 Å². The first-order valence-electron chi connectivity index (χ1n) is 3.51. The molecule has 0 aromatic heterocycles. The second-order valence-corrected chi connectivity index (χ2v) is 2.78. The molecule has 0 aromatic carbocycles. The lowest BCUT2D eigenvalue weighted by Crippen LogP contribution is -2.69. The van der Waals surface area contributed by atoms with E-state index in [1.807, 2.05) is 0 Å². The lowest BCUT2D eigenvalue weighted by Gasteiger charge is -2.45. The standard InChI is InChI=1S/C6H10N3O/c7-4-3-8-6(4)9-2-1-5(9)10/h4,6H,1-3,7H2. The minimum absolute atomic E-state index is 0.0150. The van der Waals surface area contributed by atoms with E-state index in [4.69, 9.17) is 5.73 Å². The Morgan fingerprint density at radius 2 is 2.50 bits per heavy atom. The first-order chi connectivity index (χ1) is 4.79. The Morgan fingerprint density at radius 3 is 2.60 bits per heavy atom. The van der Waals surface area contributed by atoms with Gasteiger partial charge < -0.3 is 10.6 Å². The molecular formula is C6H10N3O. The Balaban J connectivity index is 1.93. The van der Waals surface area contributed by atoms with Gasteiger partial charge in [-0.15, -0.1) is 0 Å². The Labute approximate surface area is 59.4 Å². The number of likely N-dealkylation sites (tertiary alicyclic amines) is 1. The summed E-state index contributed by atoms with van der Waals surface area (Å²) in [6, 6.07) is 0.101. The van der Waals surface area contributed by atoms with Gasteiger partial charge in [0.15, 0.2) is 0 Å². The van der Waals surface area contributed by atoms with Crippen molar-refractivity contribution < 1.29 is 4.79 Å². The number of rotatable bonds is 1. The maximum Gasteiger partial charge on any atom is 0.225 e. The lowest BCUT2D eigenvalue weighted by molar-refractivity contribution is -0.147. The van der Waals surface area contributed by atoms with E-state index in [9.17, 15) is 4.79 Å². The molecule has 2 rings (SSSR count). The number of amides is 1. The molecule has 1 radical (unpaired) electrons. The highest BCUT2D eigenvalue weighted by molar-refractivity contribution is 5.82. The molecule has 0 spiro atoms. The van der Waals surface area contributed by atoms with Crippen LogP contribution in [0, 0.1) is 0 Å². The number of nitrogens with zero attached hydrogens (tertiary/aromatic N) is 2. The molecule has 2 N–H and O–H groups in total. The van der Waals surface area contributed by atoms with Gasteiger partial charge in [-0.3, -0.25) is 4.79 Å². The predicted octanol–water partition coefficient (Wildman–Crippen LogP) is -1.51. The van der Waals surface area contributed by atoms with E-state index >= 15 is 0 Å².